The van der Waals surface area contributed by atoms with Crippen LogP contribution in [0.5, 0.6) is 0 Å². The van der Waals surface area contributed by atoms with Crippen molar-refractivity contribution in [2.75, 3.05) is 11.9 Å². The molecule has 0 aliphatic heterocycles. The van der Waals surface area contributed by atoms with Gasteiger partial charge in [0, 0.05) is 29.6 Å². The van der Waals surface area contributed by atoms with Gasteiger partial charge >= 0.3 is 0 Å². The molecule has 3 nitrogen and oxygen atoms in total. The molecule has 96 valence electrons. The van der Waals surface area contributed by atoms with Crippen LogP contribution in [-0.2, 0) is 0 Å². The monoisotopic (exact) mass is 254 g/mol. The van der Waals surface area contributed by atoms with Crippen LogP contribution in [0, 0.1) is 0 Å². The van der Waals surface area contributed by atoms with Crippen LogP contribution in [0.15, 0.2) is 16.9 Å². The zero-order valence-electron chi connectivity index (χ0n) is 10.7. The standard InChI is InChI=1S/C13H22N2OS/c1-3-5-7-15-13-9-10(16)8-12(17-13)11(14)6-4-2/h8-9,11,15H,3-7,14H2,1-2H3. The van der Waals surface area contributed by atoms with Gasteiger partial charge in [-0.2, -0.15) is 0 Å². The number of hydrogen-bond acceptors (Lipinski definition) is 4. The fourth-order valence-corrected chi connectivity index (χ4v) is 2.66. The van der Waals surface area contributed by atoms with E-state index in [4.69, 9.17) is 5.73 Å². The smallest absolute Gasteiger partial charge is 0.182 e. The van der Waals surface area contributed by atoms with Crippen molar-refractivity contribution in [3.8, 4) is 0 Å². The van der Waals surface area contributed by atoms with Gasteiger partial charge in [-0.3, -0.25) is 4.79 Å². The number of nitrogens with two attached hydrogens (primary N) is 1. The maximum absolute atomic E-state index is 11.6. The van der Waals surface area contributed by atoms with E-state index in [1.165, 1.54) is 0 Å². The molecule has 0 saturated heterocycles. The quantitative estimate of drug-likeness (QED) is 0.735. The average Bonchev–Trinajstić information content (AvgIpc) is 2.29. The van der Waals surface area contributed by atoms with Crippen LogP contribution >= 0.6 is 11.3 Å². The second-order valence-corrected chi connectivity index (χ2v) is 5.35. The lowest BCUT2D eigenvalue weighted by molar-refractivity contribution is 0.647. The Bertz CT molecular complexity index is 389. The SMILES string of the molecule is CCCCNc1cc(=O)cc(C(N)CCC)s1. The van der Waals surface area contributed by atoms with Crippen molar-refractivity contribution in [1.29, 1.82) is 0 Å². The van der Waals surface area contributed by atoms with Crippen molar-refractivity contribution in [2.24, 2.45) is 5.73 Å². The number of hydrogen-bond donors (Lipinski definition) is 2. The van der Waals surface area contributed by atoms with Crippen LogP contribution in [0.4, 0.5) is 5.00 Å². The second kappa shape index (κ2) is 7.45. The van der Waals surface area contributed by atoms with Crippen LogP contribution in [0.2, 0.25) is 0 Å². The molecule has 0 saturated carbocycles. The first-order chi connectivity index (χ1) is 8.17. The van der Waals surface area contributed by atoms with Gasteiger partial charge in [-0.25, -0.2) is 0 Å². The number of unbranched alkanes of at least 4 members (excludes halogenated alkanes) is 1. The maximum atomic E-state index is 11.6. The molecule has 0 fully saturated rings. The molecule has 1 atom stereocenters. The number of anilines is 1. The van der Waals surface area contributed by atoms with Gasteiger partial charge in [-0.1, -0.05) is 26.7 Å². The molecule has 0 aliphatic rings. The highest BCUT2D eigenvalue weighted by molar-refractivity contribution is 7.15. The molecule has 0 spiro atoms. The van der Waals surface area contributed by atoms with Crippen molar-refractivity contribution in [1.82, 2.24) is 0 Å². The lowest BCUT2D eigenvalue weighted by atomic mass is 10.1. The summed E-state index contributed by atoms with van der Waals surface area (Å²) < 4.78 is 0. The largest absolute Gasteiger partial charge is 0.377 e. The summed E-state index contributed by atoms with van der Waals surface area (Å²) in [6.07, 6.45) is 4.23. The first kappa shape index (κ1) is 14.2. The van der Waals surface area contributed by atoms with Gasteiger partial charge in [0.15, 0.2) is 5.43 Å². The van der Waals surface area contributed by atoms with E-state index in [2.05, 4.69) is 19.2 Å². The molecule has 0 aliphatic carbocycles. The molecule has 1 rings (SSSR count). The minimum Gasteiger partial charge on any atom is -0.377 e. The highest BCUT2D eigenvalue weighted by Crippen LogP contribution is 2.24. The van der Waals surface area contributed by atoms with Crippen molar-refractivity contribution in [3.63, 3.8) is 0 Å². The van der Waals surface area contributed by atoms with E-state index in [9.17, 15) is 4.79 Å². The van der Waals surface area contributed by atoms with Gasteiger partial charge in [0.2, 0.25) is 0 Å². The van der Waals surface area contributed by atoms with Crippen LogP contribution in [-0.4, -0.2) is 6.54 Å². The van der Waals surface area contributed by atoms with E-state index in [0.29, 0.717) is 0 Å². The Labute approximate surface area is 107 Å². The minimum absolute atomic E-state index is 0.00868. The molecule has 1 aromatic rings. The number of nitrogens with one attached hydrogen (secondary N) is 1. The molecular formula is C13H22N2OS. The Kier molecular flexibility index (Phi) is 6.22. The molecule has 1 unspecified atom stereocenters. The van der Waals surface area contributed by atoms with E-state index in [1.54, 1.807) is 23.5 Å². The van der Waals surface area contributed by atoms with E-state index in [0.717, 1.165) is 42.1 Å². The minimum atomic E-state index is -0.00868. The predicted molar refractivity (Wildman–Crippen MR) is 75.8 cm³/mol. The van der Waals surface area contributed by atoms with Crippen LogP contribution < -0.4 is 16.5 Å². The van der Waals surface area contributed by atoms with Crippen molar-refractivity contribution in [3.05, 3.63) is 27.2 Å². The van der Waals surface area contributed by atoms with E-state index in [1.807, 2.05) is 0 Å². The van der Waals surface area contributed by atoms with Crippen LogP contribution in [0.3, 0.4) is 0 Å². The first-order valence-corrected chi connectivity index (χ1v) is 7.13. The van der Waals surface area contributed by atoms with E-state index >= 15 is 0 Å². The van der Waals surface area contributed by atoms with Gasteiger partial charge in [0.25, 0.3) is 0 Å². The molecule has 0 amide bonds. The zero-order chi connectivity index (χ0) is 12.7. The van der Waals surface area contributed by atoms with Gasteiger partial charge in [0.05, 0.1) is 5.00 Å². The van der Waals surface area contributed by atoms with Crippen molar-refractivity contribution < 1.29 is 0 Å². The third-order valence-corrected chi connectivity index (χ3v) is 3.72. The lowest BCUT2D eigenvalue weighted by Crippen LogP contribution is -2.12. The molecule has 0 aromatic carbocycles. The van der Waals surface area contributed by atoms with E-state index < -0.39 is 0 Å². The van der Waals surface area contributed by atoms with Crippen LogP contribution in [0.25, 0.3) is 0 Å². The zero-order valence-corrected chi connectivity index (χ0v) is 11.5. The Hall–Kier alpha value is -0.870. The molecule has 1 heterocycles. The summed E-state index contributed by atoms with van der Waals surface area (Å²) in [6.45, 7) is 5.17. The predicted octanol–water partition coefficient (Wildman–Crippen LogP) is 3.12. The fraction of sp³-hybridized carbons (Fsp3) is 0.615. The molecule has 17 heavy (non-hydrogen) atoms. The topological polar surface area (TPSA) is 55.1 Å². The first-order valence-electron chi connectivity index (χ1n) is 6.32. The fourth-order valence-electron chi connectivity index (χ4n) is 1.61. The summed E-state index contributed by atoms with van der Waals surface area (Å²) in [4.78, 5) is 12.5. The third kappa shape index (κ3) is 4.88. The Morgan fingerprint density at radius 1 is 1.35 bits per heavy atom. The second-order valence-electron chi connectivity index (χ2n) is 4.24. The summed E-state index contributed by atoms with van der Waals surface area (Å²) in [5, 5.41) is 4.22. The number of rotatable bonds is 7. The van der Waals surface area contributed by atoms with Gasteiger partial charge in [-0.15, -0.1) is 11.3 Å². The van der Waals surface area contributed by atoms with Gasteiger partial charge in [0.1, 0.15) is 0 Å². The highest BCUT2D eigenvalue weighted by Gasteiger charge is 2.08. The Morgan fingerprint density at radius 2 is 2.12 bits per heavy atom. The summed E-state index contributed by atoms with van der Waals surface area (Å²) in [7, 11) is 0. The molecule has 4 heteroatoms. The summed E-state index contributed by atoms with van der Waals surface area (Å²) in [5.74, 6) is 0. The van der Waals surface area contributed by atoms with Gasteiger partial charge in [-0.05, 0) is 12.8 Å². The molecule has 0 bridgehead atoms. The Balaban J connectivity index is 2.75. The normalized spacial score (nSPS) is 12.4. The summed E-state index contributed by atoms with van der Waals surface area (Å²) >= 11 is 1.60. The molecule has 1 aromatic heterocycles. The van der Waals surface area contributed by atoms with Crippen molar-refractivity contribution in [2.45, 2.75) is 45.6 Å². The third-order valence-electron chi connectivity index (χ3n) is 2.58. The van der Waals surface area contributed by atoms with Gasteiger partial charge < -0.3 is 11.1 Å². The van der Waals surface area contributed by atoms with Crippen molar-refractivity contribution >= 4 is 16.3 Å². The maximum Gasteiger partial charge on any atom is 0.182 e. The molecule has 3 N–H and O–H groups in total. The average molecular weight is 254 g/mol. The lowest BCUT2D eigenvalue weighted by Gasteiger charge is -2.11. The summed E-state index contributed by atoms with van der Waals surface area (Å²) in [6, 6.07) is 3.31. The molecule has 0 radical (unpaired) electrons. The Morgan fingerprint density at radius 3 is 2.76 bits per heavy atom. The summed E-state index contributed by atoms with van der Waals surface area (Å²) in [5.41, 5.74) is 6.09. The molecular weight excluding hydrogens is 232 g/mol. The highest BCUT2D eigenvalue weighted by atomic mass is 32.1. The van der Waals surface area contributed by atoms with Crippen LogP contribution in [0.1, 0.15) is 50.4 Å². The van der Waals surface area contributed by atoms with E-state index in [-0.39, 0.29) is 11.5 Å².